The van der Waals surface area contributed by atoms with Crippen molar-refractivity contribution in [2.24, 2.45) is 0 Å². The summed E-state index contributed by atoms with van der Waals surface area (Å²) >= 11 is 0. The number of halogens is 3. The monoisotopic (exact) mass is 408 g/mol. The molecule has 0 aliphatic heterocycles. The molecule has 4 rings (SSSR count). The molecule has 0 amide bonds. The van der Waals surface area contributed by atoms with Crippen molar-refractivity contribution in [3.05, 3.63) is 100 Å². The summed E-state index contributed by atoms with van der Waals surface area (Å²) in [4.78, 5) is 17.6. The Kier molecular flexibility index (Phi) is 4.87. The Morgan fingerprint density at radius 3 is 2.33 bits per heavy atom. The van der Waals surface area contributed by atoms with Crippen LogP contribution in [0.15, 0.2) is 77.6 Å². The maximum Gasteiger partial charge on any atom is 0.416 e. The third kappa shape index (κ3) is 3.82. The summed E-state index contributed by atoms with van der Waals surface area (Å²) in [6.07, 6.45) is -1.27. The molecule has 0 atom stereocenters. The summed E-state index contributed by atoms with van der Waals surface area (Å²) in [5.74, 6) is 0.273. The summed E-state index contributed by atoms with van der Waals surface area (Å²) in [5, 5.41) is 10.2. The number of alkyl halides is 3. The second-order valence-electron chi connectivity index (χ2n) is 6.60. The van der Waals surface area contributed by atoms with Gasteiger partial charge in [-0.3, -0.25) is 9.36 Å². The molecule has 0 saturated carbocycles. The fourth-order valence-electron chi connectivity index (χ4n) is 3.10. The van der Waals surface area contributed by atoms with Crippen LogP contribution in [-0.2, 0) is 6.18 Å². The van der Waals surface area contributed by atoms with E-state index in [0.29, 0.717) is 22.2 Å². The third-order valence-electron chi connectivity index (χ3n) is 4.55. The zero-order chi connectivity index (χ0) is 21.3. The quantitative estimate of drug-likeness (QED) is 0.502. The molecule has 0 fully saturated rings. The number of aromatic hydroxyl groups is 1. The number of nitrogens with zero attached hydrogens (tertiary/aromatic N) is 2. The molecule has 3 aromatic carbocycles. The molecule has 0 spiro atoms. The maximum atomic E-state index is 13.1. The van der Waals surface area contributed by atoms with Crippen LogP contribution >= 0.6 is 0 Å². The molecule has 0 bridgehead atoms. The van der Waals surface area contributed by atoms with E-state index >= 15 is 0 Å². The van der Waals surface area contributed by atoms with Crippen LogP contribution in [0.5, 0.6) is 5.75 Å². The van der Waals surface area contributed by atoms with E-state index in [4.69, 9.17) is 0 Å². The predicted octanol–water partition coefficient (Wildman–Crippen LogP) is 5.28. The molecule has 0 radical (unpaired) electrons. The molecule has 1 N–H and O–H groups in total. The van der Waals surface area contributed by atoms with Crippen molar-refractivity contribution in [2.45, 2.75) is 6.18 Å². The van der Waals surface area contributed by atoms with Crippen LogP contribution in [-0.4, -0.2) is 14.7 Å². The maximum absolute atomic E-state index is 13.1. The highest BCUT2D eigenvalue weighted by atomic mass is 19.4. The van der Waals surface area contributed by atoms with Gasteiger partial charge in [0.05, 0.1) is 22.2 Å². The van der Waals surface area contributed by atoms with E-state index in [1.165, 1.54) is 28.8 Å². The third-order valence-corrected chi connectivity index (χ3v) is 4.55. The zero-order valence-electron chi connectivity index (χ0n) is 15.5. The van der Waals surface area contributed by atoms with Gasteiger partial charge in [0, 0.05) is 6.07 Å². The molecule has 0 saturated heterocycles. The minimum absolute atomic E-state index is 0.00905. The van der Waals surface area contributed by atoms with Crippen molar-refractivity contribution in [1.82, 2.24) is 9.55 Å². The highest BCUT2D eigenvalue weighted by molar-refractivity contribution is 5.80. The zero-order valence-corrected chi connectivity index (χ0v) is 15.5. The Hall–Kier alpha value is -3.87. The fourth-order valence-corrected chi connectivity index (χ4v) is 3.10. The summed E-state index contributed by atoms with van der Waals surface area (Å²) in [6, 6.07) is 17.7. The van der Waals surface area contributed by atoms with E-state index < -0.39 is 11.7 Å². The van der Waals surface area contributed by atoms with Crippen LogP contribution in [0, 0.1) is 0 Å². The van der Waals surface area contributed by atoms with E-state index in [0.717, 1.165) is 12.1 Å². The lowest BCUT2D eigenvalue weighted by Gasteiger charge is -2.12. The van der Waals surface area contributed by atoms with Gasteiger partial charge in [-0.25, -0.2) is 4.98 Å². The van der Waals surface area contributed by atoms with E-state index in [1.807, 2.05) is 0 Å². The first-order valence-electron chi connectivity index (χ1n) is 8.99. The number of rotatable bonds is 3. The SMILES string of the molecule is O=c1c2ccccc2nc(/C=C/c2ccc(C(F)(F)F)cc2)n1-c1cccc(O)c1. The number of hydrogen-bond acceptors (Lipinski definition) is 3. The molecule has 4 nitrogen and oxygen atoms in total. The molecule has 30 heavy (non-hydrogen) atoms. The Morgan fingerprint density at radius 2 is 1.63 bits per heavy atom. The molecule has 1 aromatic heterocycles. The lowest BCUT2D eigenvalue weighted by Crippen LogP contribution is -2.22. The summed E-state index contributed by atoms with van der Waals surface area (Å²) in [5.41, 5.74) is 0.377. The number of para-hydroxylation sites is 1. The number of phenolic OH excluding ortho intramolecular Hbond substituents is 1. The number of benzene rings is 3. The van der Waals surface area contributed by atoms with Gasteiger partial charge in [-0.1, -0.05) is 36.4 Å². The second kappa shape index (κ2) is 7.51. The van der Waals surface area contributed by atoms with Crippen molar-refractivity contribution in [1.29, 1.82) is 0 Å². The lowest BCUT2D eigenvalue weighted by molar-refractivity contribution is -0.137. The molecule has 150 valence electrons. The minimum Gasteiger partial charge on any atom is -0.508 e. The molecule has 7 heteroatoms. The number of aromatic nitrogens is 2. The normalized spacial score (nSPS) is 12.0. The fraction of sp³-hybridized carbons (Fsp3) is 0.0435. The first-order chi connectivity index (χ1) is 14.3. The largest absolute Gasteiger partial charge is 0.508 e. The van der Waals surface area contributed by atoms with Gasteiger partial charge >= 0.3 is 6.18 Å². The first kappa shape index (κ1) is 19.4. The summed E-state index contributed by atoms with van der Waals surface area (Å²) in [7, 11) is 0. The standard InChI is InChI=1S/C23H15F3N2O2/c24-23(25,26)16-11-8-15(9-12-16)10-13-21-27-20-7-2-1-6-19(20)22(30)28(21)17-4-3-5-18(29)14-17/h1-14,29H/b13-10+. The summed E-state index contributed by atoms with van der Waals surface area (Å²) in [6.45, 7) is 0. The molecule has 0 unspecified atom stereocenters. The van der Waals surface area contributed by atoms with Crippen molar-refractivity contribution < 1.29 is 18.3 Å². The summed E-state index contributed by atoms with van der Waals surface area (Å²) < 4.78 is 39.6. The van der Waals surface area contributed by atoms with Gasteiger partial charge in [0.2, 0.25) is 0 Å². The number of fused-ring (bicyclic) bond motifs is 1. The van der Waals surface area contributed by atoms with Crippen LogP contribution in [0.1, 0.15) is 17.0 Å². The molecule has 1 heterocycles. The van der Waals surface area contributed by atoms with Crippen LogP contribution in [0.2, 0.25) is 0 Å². The van der Waals surface area contributed by atoms with Crippen LogP contribution < -0.4 is 5.56 Å². The van der Waals surface area contributed by atoms with Gasteiger partial charge < -0.3 is 5.11 Å². The van der Waals surface area contributed by atoms with E-state index in [2.05, 4.69) is 4.98 Å². The van der Waals surface area contributed by atoms with E-state index in [-0.39, 0.29) is 17.1 Å². The average molecular weight is 408 g/mol. The smallest absolute Gasteiger partial charge is 0.416 e. The molecular weight excluding hydrogens is 393 g/mol. The Bertz CT molecular complexity index is 1310. The van der Waals surface area contributed by atoms with Gasteiger partial charge in [0.15, 0.2) is 0 Å². The van der Waals surface area contributed by atoms with Crippen LogP contribution in [0.25, 0.3) is 28.7 Å². The molecular formula is C23H15F3N2O2. The molecule has 0 aliphatic carbocycles. The van der Waals surface area contributed by atoms with Crippen molar-refractivity contribution in [3.8, 4) is 11.4 Å². The van der Waals surface area contributed by atoms with Crippen molar-refractivity contribution in [2.75, 3.05) is 0 Å². The minimum atomic E-state index is -4.40. The highest BCUT2D eigenvalue weighted by Crippen LogP contribution is 2.29. The van der Waals surface area contributed by atoms with Crippen LogP contribution in [0.4, 0.5) is 13.2 Å². The highest BCUT2D eigenvalue weighted by Gasteiger charge is 2.29. The Morgan fingerprint density at radius 1 is 0.900 bits per heavy atom. The van der Waals surface area contributed by atoms with E-state index in [1.54, 1.807) is 48.6 Å². The Balaban J connectivity index is 1.84. The second-order valence-corrected chi connectivity index (χ2v) is 6.60. The number of phenols is 1. The molecule has 0 aliphatic rings. The average Bonchev–Trinajstić information content (AvgIpc) is 2.72. The lowest BCUT2D eigenvalue weighted by atomic mass is 10.1. The van der Waals surface area contributed by atoms with E-state index in [9.17, 15) is 23.1 Å². The van der Waals surface area contributed by atoms with Crippen molar-refractivity contribution >= 4 is 23.1 Å². The van der Waals surface area contributed by atoms with Gasteiger partial charge in [-0.15, -0.1) is 0 Å². The van der Waals surface area contributed by atoms with Crippen molar-refractivity contribution in [3.63, 3.8) is 0 Å². The van der Waals surface area contributed by atoms with Gasteiger partial charge in [-0.05, 0) is 48.0 Å². The van der Waals surface area contributed by atoms with Gasteiger partial charge in [0.1, 0.15) is 11.6 Å². The topological polar surface area (TPSA) is 55.1 Å². The Labute approximate surface area is 169 Å². The molecule has 4 aromatic rings. The van der Waals surface area contributed by atoms with Crippen LogP contribution in [0.3, 0.4) is 0 Å². The first-order valence-corrected chi connectivity index (χ1v) is 8.99. The van der Waals surface area contributed by atoms with Gasteiger partial charge in [-0.2, -0.15) is 13.2 Å². The van der Waals surface area contributed by atoms with Gasteiger partial charge in [0.25, 0.3) is 5.56 Å². The number of hydrogen-bond donors (Lipinski definition) is 1. The predicted molar refractivity (Wildman–Crippen MR) is 109 cm³/mol.